The van der Waals surface area contributed by atoms with E-state index in [0.717, 1.165) is 60.9 Å². The number of piperazine rings is 1. The van der Waals surface area contributed by atoms with Gasteiger partial charge in [-0.25, -0.2) is 4.98 Å². The smallest absolute Gasteiger partial charge is 0.223 e. The van der Waals surface area contributed by atoms with Crippen molar-refractivity contribution < 1.29 is 9.53 Å². The Kier molecular flexibility index (Phi) is 8.95. The minimum Gasteiger partial charge on any atom is -0.485 e. The summed E-state index contributed by atoms with van der Waals surface area (Å²) >= 11 is 0. The van der Waals surface area contributed by atoms with E-state index in [4.69, 9.17) is 9.72 Å². The highest BCUT2D eigenvalue weighted by Gasteiger charge is 2.28. The number of ether oxygens (including phenoxy) is 1. The summed E-state index contributed by atoms with van der Waals surface area (Å²) in [6.07, 6.45) is 8.69. The molecule has 0 aliphatic carbocycles. The third-order valence-electron chi connectivity index (χ3n) is 8.26. The minimum atomic E-state index is -0.125. The Bertz CT molecular complexity index is 1670. The molecule has 218 valence electrons. The van der Waals surface area contributed by atoms with Gasteiger partial charge >= 0.3 is 0 Å². The van der Waals surface area contributed by atoms with Crippen LogP contribution in [0.25, 0.3) is 11.7 Å². The standard InChI is InChI=1S/C37H38N4O2/c1-29-12-8-9-18-32(29)33(26-36(42)40-24-22-39(23-25-40)20-10-17-30-13-4-2-5-14-30)34-27-38-37-35(19-11-21-41(34)37)43-28-31-15-6-3-7-16-31/h2-19,21,27,33H,20,22-26,28H2,1H3. The van der Waals surface area contributed by atoms with Gasteiger partial charge in [-0.15, -0.1) is 0 Å². The zero-order chi connectivity index (χ0) is 29.4. The van der Waals surface area contributed by atoms with E-state index in [1.165, 1.54) is 11.1 Å². The van der Waals surface area contributed by atoms with Crippen molar-refractivity contribution in [2.24, 2.45) is 0 Å². The topological polar surface area (TPSA) is 50.1 Å². The quantitative estimate of drug-likeness (QED) is 0.190. The summed E-state index contributed by atoms with van der Waals surface area (Å²) in [6, 6.07) is 32.8. The number of carbonyl (C=O) groups excluding carboxylic acids is 1. The van der Waals surface area contributed by atoms with E-state index in [1.807, 2.05) is 59.8 Å². The molecule has 6 rings (SSSR count). The van der Waals surface area contributed by atoms with Crippen LogP contribution in [0.3, 0.4) is 0 Å². The van der Waals surface area contributed by atoms with Gasteiger partial charge in [-0.05, 0) is 41.3 Å². The van der Waals surface area contributed by atoms with Crippen LogP contribution in [0.15, 0.2) is 116 Å². The van der Waals surface area contributed by atoms with Crippen molar-refractivity contribution in [3.63, 3.8) is 0 Å². The van der Waals surface area contributed by atoms with E-state index in [-0.39, 0.29) is 11.8 Å². The number of benzene rings is 3. The Labute approximate surface area is 253 Å². The summed E-state index contributed by atoms with van der Waals surface area (Å²) in [7, 11) is 0. The highest BCUT2D eigenvalue weighted by Crippen LogP contribution is 2.33. The normalized spacial score (nSPS) is 14.8. The Morgan fingerprint density at radius 3 is 2.37 bits per heavy atom. The molecule has 0 spiro atoms. The number of hydrogen-bond acceptors (Lipinski definition) is 4. The lowest BCUT2D eigenvalue weighted by atomic mass is 9.89. The fraction of sp³-hybridized carbons (Fsp3) is 0.243. The van der Waals surface area contributed by atoms with Gasteiger partial charge in [0, 0.05) is 57.5 Å². The van der Waals surface area contributed by atoms with Crippen LogP contribution in [0.4, 0.5) is 0 Å². The van der Waals surface area contributed by atoms with E-state index in [2.05, 4.69) is 83.0 Å². The van der Waals surface area contributed by atoms with Crippen molar-refractivity contribution in [1.82, 2.24) is 19.2 Å². The molecule has 1 unspecified atom stereocenters. The highest BCUT2D eigenvalue weighted by molar-refractivity contribution is 5.78. The largest absolute Gasteiger partial charge is 0.485 e. The summed E-state index contributed by atoms with van der Waals surface area (Å²) < 4.78 is 8.28. The molecule has 0 saturated carbocycles. The van der Waals surface area contributed by atoms with E-state index in [9.17, 15) is 4.79 Å². The number of imidazole rings is 1. The first-order chi connectivity index (χ1) is 21.2. The lowest BCUT2D eigenvalue weighted by Gasteiger charge is -2.35. The number of hydrogen-bond donors (Lipinski definition) is 0. The van der Waals surface area contributed by atoms with Crippen LogP contribution in [0, 0.1) is 6.92 Å². The van der Waals surface area contributed by atoms with Gasteiger partial charge < -0.3 is 14.0 Å². The fourth-order valence-corrected chi connectivity index (χ4v) is 5.85. The zero-order valence-corrected chi connectivity index (χ0v) is 24.7. The van der Waals surface area contributed by atoms with Gasteiger partial charge in [0.1, 0.15) is 6.61 Å². The molecule has 0 N–H and O–H groups in total. The molecule has 0 radical (unpaired) electrons. The monoisotopic (exact) mass is 570 g/mol. The number of rotatable bonds is 10. The van der Waals surface area contributed by atoms with Crippen molar-refractivity contribution in [2.75, 3.05) is 32.7 Å². The SMILES string of the molecule is Cc1ccccc1C(CC(=O)N1CCN(CC=Cc2ccccc2)CC1)c1cnc2c(OCc3ccccc3)cccn12. The van der Waals surface area contributed by atoms with Crippen LogP contribution < -0.4 is 4.74 Å². The molecule has 1 fully saturated rings. The van der Waals surface area contributed by atoms with Gasteiger partial charge in [0.2, 0.25) is 5.91 Å². The molecule has 1 aliphatic rings. The van der Waals surface area contributed by atoms with Crippen LogP contribution in [-0.4, -0.2) is 57.8 Å². The summed E-state index contributed by atoms with van der Waals surface area (Å²) in [5.41, 5.74) is 6.39. The van der Waals surface area contributed by atoms with Crippen molar-refractivity contribution >= 4 is 17.6 Å². The third kappa shape index (κ3) is 6.87. The predicted octanol–water partition coefficient (Wildman–Crippen LogP) is 6.60. The molecular formula is C37H38N4O2. The van der Waals surface area contributed by atoms with E-state index in [0.29, 0.717) is 13.0 Å². The van der Waals surface area contributed by atoms with E-state index >= 15 is 0 Å². The fourth-order valence-electron chi connectivity index (χ4n) is 5.85. The Morgan fingerprint density at radius 1 is 0.884 bits per heavy atom. The molecule has 5 aromatic rings. The minimum absolute atomic E-state index is 0.125. The number of aryl methyl sites for hydroxylation is 1. The molecule has 6 heteroatoms. The van der Waals surface area contributed by atoms with Crippen LogP contribution in [0.1, 0.15) is 40.3 Å². The maximum atomic E-state index is 13.8. The van der Waals surface area contributed by atoms with Gasteiger partial charge in [0.15, 0.2) is 11.4 Å². The highest BCUT2D eigenvalue weighted by atomic mass is 16.5. The number of fused-ring (bicyclic) bond motifs is 1. The van der Waals surface area contributed by atoms with E-state index in [1.54, 1.807) is 0 Å². The maximum absolute atomic E-state index is 13.8. The molecule has 1 atom stereocenters. The lowest BCUT2D eigenvalue weighted by Crippen LogP contribution is -2.48. The number of amides is 1. The van der Waals surface area contributed by atoms with Crippen molar-refractivity contribution in [3.8, 4) is 5.75 Å². The first kappa shape index (κ1) is 28.4. The molecular weight excluding hydrogens is 532 g/mol. The van der Waals surface area contributed by atoms with Gasteiger partial charge in [-0.1, -0.05) is 97.1 Å². The van der Waals surface area contributed by atoms with Crippen LogP contribution in [-0.2, 0) is 11.4 Å². The maximum Gasteiger partial charge on any atom is 0.223 e. The van der Waals surface area contributed by atoms with Gasteiger partial charge in [-0.3, -0.25) is 9.69 Å². The average Bonchev–Trinajstić information content (AvgIpc) is 3.49. The predicted molar refractivity (Wildman–Crippen MR) is 172 cm³/mol. The number of nitrogens with zero attached hydrogens (tertiary/aromatic N) is 4. The molecule has 0 bridgehead atoms. The van der Waals surface area contributed by atoms with Crippen LogP contribution in [0.5, 0.6) is 5.75 Å². The molecule has 3 aromatic carbocycles. The van der Waals surface area contributed by atoms with Gasteiger partial charge in [0.25, 0.3) is 0 Å². The number of pyridine rings is 1. The molecule has 2 aromatic heterocycles. The van der Waals surface area contributed by atoms with Crippen molar-refractivity contribution in [1.29, 1.82) is 0 Å². The second kappa shape index (κ2) is 13.5. The zero-order valence-electron chi connectivity index (χ0n) is 24.7. The summed E-state index contributed by atoms with van der Waals surface area (Å²) in [5.74, 6) is 0.781. The Balaban J connectivity index is 1.17. The number of carbonyl (C=O) groups is 1. The molecule has 1 aliphatic heterocycles. The molecule has 6 nitrogen and oxygen atoms in total. The first-order valence-corrected chi connectivity index (χ1v) is 15.1. The molecule has 43 heavy (non-hydrogen) atoms. The summed E-state index contributed by atoms with van der Waals surface area (Å²) in [5, 5.41) is 0. The molecule has 1 amide bonds. The van der Waals surface area contributed by atoms with E-state index < -0.39 is 0 Å². The van der Waals surface area contributed by atoms with Gasteiger partial charge in [0.05, 0.1) is 5.69 Å². The second-order valence-electron chi connectivity index (χ2n) is 11.1. The Morgan fingerprint density at radius 2 is 1.60 bits per heavy atom. The summed E-state index contributed by atoms with van der Waals surface area (Å²) in [6.45, 7) is 6.70. The van der Waals surface area contributed by atoms with Crippen LogP contribution >= 0.6 is 0 Å². The lowest BCUT2D eigenvalue weighted by molar-refractivity contribution is -0.133. The van der Waals surface area contributed by atoms with Gasteiger partial charge in [-0.2, -0.15) is 0 Å². The third-order valence-corrected chi connectivity index (χ3v) is 8.26. The second-order valence-corrected chi connectivity index (χ2v) is 11.1. The molecule has 1 saturated heterocycles. The van der Waals surface area contributed by atoms with Crippen molar-refractivity contribution in [2.45, 2.75) is 25.9 Å². The Hall–Kier alpha value is -4.68. The molecule has 3 heterocycles. The summed E-state index contributed by atoms with van der Waals surface area (Å²) in [4.78, 5) is 23.0. The van der Waals surface area contributed by atoms with Crippen LogP contribution in [0.2, 0.25) is 0 Å². The van der Waals surface area contributed by atoms with Crippen molar-refractivity contribution in [3.05, 3.63) is 143 Å². The first-order valence-electron chi connectivity index (χ1n) is 15.1. The average molecular weight is 571 g/mol. The number of aromatic nitrogens is 2.